The molecule has 1 aromatic heterocycles. The Morgan fingerprint density at radius 1 is 1.23 bits per heavy atom. The standard InChI is InChI=1S/C15H18Cl2N4O3S2/c1-4-13-20-21-15(25-13)19-14(22)9-5-12(11(17)6-10(9)16)26(23,24)18-7-8(2)3/h5-6,8,18H,4,7H2,1-3H3,(H,19,21,22). The highest BCUT2D eigenvalue weighted by molar-refractivity contribution is 7.89. The van der Waals surface area contributed by atoms with Gasteiger partial charge in [0.05, 0.1) is 15.6 Å². The van der Waals surface area contributed by atoms with Crippen molar-refractivity contribution in [2.45, 2.75) is 32.1 Å². The first-order valence-electron chi connectivity index (χ1n) is 7.76. The molecular formula is C15H18Cl2N4O3S2. The Bertz CT molecular complexity index is 914. The number of benzene rings is 1. The Balaban J connectivity index is 2.33. The zero-order valence-corrected chi connectivity index (χ0v) is 17.5. The van der Waals surface area contributed by atoms with Crippen LogP contribution in [-0.4, -0.2) is 31.1 Å². The molecule has 1 aromatic carbocycles. The van der Waals surface area contributed by atoms with Crippen LogP contribution in [0.2, 0.25) is 10.0 Å². The van der Waals surface area contributed by atoms with Crippen LogP contribution in [0.4, 0.5) is 5.13 Å². The van der Waals surface area contributed by atoms with Gasteiger partial charge >= 0.3 is 0 Å². The zero-order valence-electron chi connectivity index (χ0n) is 14.3. The Morgan fingerprint density at radius 3 is 2.50 bits per heavy atom. The van der Waals surface area contributed by atoms with Gasteiger partial charge in [-0.15, -0.1) is 10.2 Å². The number of halogens is 2. The van der Waals surface area contributed by atoms with E-state index in [9.17, 15) is 13.2 Å². The van der Waals surface area contributed by atoms with Crippen LogP contribution >= 0.6 is 34.5 Å². The van der Waals surface area contributed by atoms with E-state index < -0.39 is 15.9 Å². The van der Waals surface area contributed by atoms with Gasteiger partial charge in [-0.2, -0.15) is 0 Å². The molecule has 26 heavy (non-hydrogen) atoms. The molecule has 0 saturated carbocycles. The molecular weight excluding hydrogens is 419 g/mol. The maximum Gasteiger partial charge on any atom is 0.259 e. The van der Waals surface area contributed by atoms with Crippen molar-refractivity contribution in [3.05, 3.63) is 32.7 Å². The smallest absolute Gasteiger partial charge is 0.259 e. The number of aromatic nitrogens is 2. The molecule has 0 bridgehead atoms. The molecule has 0 aliphatic carbocycles. The van der Waals surface area contributed by atoms with E-state index in [0.717, 1.165) is 11.1 Å². The first-order valence-corrected chi connectivity index (χ1v) is 10.8. The van der Waals surface area contributed by atoms with E-state index in [0.29, 0.717) is 11.6 Å². The lowest BCUT2D eigenvalue weighted by Crippen LogP contribution is -2.28. The third kappa shape index (κ3) is 5.14. The summed E-state index contributed by atoms with van der Waals surface area (Å²) < 4.78 is 27.4. The van der Waals surface area contributed by atoms with Gasteiger partial charge in [0.2, 0.25) is 15.2 Å². The molecule has 7 nitrogen and oxygen atoms in total. The van der Waals surface area contributed by atoms with Crippen LogP contribution in [0.15, 0.2) is 17.0 Å². The van der Waals surface area contributed by atoms with Gasteiger partial charge in [0.1, 0.15) is 9.90 Å². The number of aryl methyl sites for hydroxylation is 1. The fourth-order valence-electron chi connectivity index (χ4n) is 1.87. The number of amides is 1. The quantitative estimate of drug-likeness (QED) is 0.690. The second-order valence-corrected chi connectivity index (χ2v) is 9.43. The van der Waals surface area contributed by atoms with E-state index in [-0.39, 0.29) is 33.0 Å². The summed E-state index contributed by atoms with van der Waals surface area (Å²) >= 11 is 13.3. The average molecular weight is 437 g/mol. The van der Waals surface area contributed by atoms with Crippen molar-refractivity contribution < 1.29 is 13.2 Å². The van der Waals surface area contributed by atoms with Crippen LogP contribution in [0.1, 0.15) is 36.1 Å². The summed E-state index contributed by atoms with van der Waals surface area (Å²) in [6, 6.07) is 2.39. The Morgan fingerprint density at radius 2 is 1.92 bits per heavy atom. The molecule has 2 aromatic rings. The van der Waals surface area contributed by atoms with Crippen LogP contribution in [0, 0.1) is 5.92 Å². The van der Waals surface area contributed by atoms with E-state index in [1.165, 1.54) is 17.4 Å². The molecule has 0 atom stereocenters. The van der Waals surface area contributed by atoms with Crippen LogP contribution in [-0.2, 0) is 16.4 Å². The van der Waals surface area contributed by atoms with Crippen molar-refractivity contribution in [3.8, 4) is 0 Å². The molecule has 1 amide bonds. The number of nitrogens with one attached hydrogen (secondary N) is 2. The minimum Gasteiger partial charge on any atom is -0.296 e. The van der Waals surface area contributed by atoms with Crippen molar-refractivity contribution in [1.29, 1.82) is 0 Å². The molecule has 0 saturated heterocycles. The summed E-state index contributed by atoms with van der Waals surface area (Å²) in [5, 5.41) is 11.4. The third-order valence-electron chi connectivity index (χ3n) is 3.23. The highest BCUT2D eigenvalue weighted by Gasteiger charge is 2.23. The largest absolute Gasteiger partial charge is 0.296 e. The van der Waals surface area contributed by atoms with Gasteiger partial charge in [-0.3, -0.25) is 10.1 Å². The summed E-state index contributed by atoms with van der Waals surface area (Å²) in [6.07, 6.45) is 0.694. The number of rotatable bonds is 7. The monoisotopic (exact) mass is 436 g/mol. The topological polar surface area (TPSA) is 101 Å². The normalized spacial score (nSPS) is 11.8. The number of carbonyl (C=O) groups is 1. The van der Waals surface area contributed by atoms with Gasteiger partial charge in [-0.05, 0) is 24.5 Å². The third-order valence-corrected chi connectivity index (χ3v) is 6.41. The average Bonchev–Trinajstić information content (AvgIpc) is 3.00. The minimum atomic E-state index is -3.88. The number of hydrogen-bond donors (Lipinski definition) is 2. The van der Waals surface area contributed by atoms with Crippen LogP contribution < -0.4 is 10.0 Å². The Kier molecular flexibility index (Phi) is 6.98. The number of anilines is 1. The first-order chi connectivity index (χ1) is 12.1. The van der Waals surface area contributed by atoms with Gasteiger partial charge in [-0.25, -0.2) is 13.1 Å². The molecule has 11 heteroatoms. The highest BCUT2D eigenvalue weighted by Crippen LogP contribution is 2.29. The molecule has 2 N–H and O–H groups in total. The van der Waals surface area contributed by atoms with Crippen molar-refractivity contribution >= 4 is 55.6 Å². The molecule has 0 unspecified atom stereocenters. The first kappa shape index (κ1) is 21.0. The van der Waals surface area contributed by atoms with Gasteiger partial charge in [-0.1, -0.05) is 55.3 Å². The number of hydrogen-bond acceptors (Lipinski definition) is 6. The summed E-state index contributed by atoms with van der Waals surface area (Å²) in [6.45, 7) is 5.91. The van der Waals surface area contributed by atoms with E-state index >= 15 is 0 Å². The van der Waals surface area contributed by atoms with E-state index in [4.69, 9.17) is 23.2 Å². The molecule has 0 aliphatic rings. The fourth-order valence-corrected chi connectivity index (χ4v) is 4.62. The van der Waals surface area contributed by atoms with Gasteiger partial charge in [0.25, 0.3) is 5.91 Å². The van der Waals surface area contributed by atoms with Crippen LogP contribution in [0.5, 0.6) is 0 Å². The summed E-state index contributed by atoms with van der Waals surface area (Å²) in [7, 11) is -3.88. The van der Waals surface area contributed by atoms with Crippen LogP contribution in [0.25, 0.3) is 0 Å². The SMILES string of the molecule is CCc1nnc(NC(=O)c2cc(S(=O)(=O)NCC(C)C)c(Cl)cc2Cl)s1. The van der Waals surface area contributed by atoms with Crippen molar-refractivity contribution in [2.75, 3.05) is 11.9 Å². The molecule has 0 aliphatic heterocycles. The Hall–Kier alpha value is -1.26. The minimum absolute atomic E-state index is 0.0192. The second-order valence-electron chi connectivity index (χ2n) is 5.82. The second kappa shape index (κ2) is 8.62. The summed E-state index contributed by atoms with van der Waals surface area (Å²) in [4.78, 5) is 12.3. The number of nitrogens with zero attached hydrogens (tertiary/aromatic N) is 2. The molecule has 0 radical (unpaired) electrons. The maximum atomic E-state index is 12.5. The van der Waals surface area contributed by atoms with Gasteiger partial charge in [0.15, 0.2) is 0 Å². The summed E-state index contributed by atoms with van der Waals surface area (Å²) in [5.74, 6) is -0.477. The van der Waals surface area contributed by atoms with Crippen molar-refractivity contribution in [2.24, 2.45) is 5.92 Å². The van der Waals surface area contributed by atoms with E-state index in [1.54, 1.807) is 0 Å². The predicted octanol–water partition coefficient (Wildman–Crippen LogP) is 3.59. The summed E-state index contributed by atoms with van der Waals surface area (Å²) in [5.41, 5.74) is -0.0192. The maximum absolute atomic E-state index is 12.5. The lowest BCUT2D eigenvalue weighted by atomic mass is 10.2. The molecule has 142 valence electrons. The van der Waals surface area contributed by atoms with E-state index in [1.807, 2.05) is 20.8 Å². The van der Waals surface area contributed by atoms with Crippen molar-refractivity contribution in [1.82, 2.24) is 14.9 Å². The highest BCUT2D eigenvalue weighted by atomic mass is 35.5. The zero-order chi connectivity index (χ0) is 19.5. The van der Waals surface area contributed by atoms with Gasteiger partial charge in [0, 0.05) is 6.54 Å². The number of sulfonamides is 1. The lowest BCUT2D eigenvalue weighted by Gasteiger charge is -2.12. The van der Waals surface area contributed by atoms with Crippen LogP contribution in [0.3, 0.4) is 0 Å². The fraction of sp³-hybridized carbons (Fsp3) is 0.400. The molecule has 1 heterocycles. The number of carbonyl (C=O) groups excluding carboxylic acids is 1. The lowest BCUT2D eigenvalue weighted by molar-refractivity contribution is 0.102. The predicted molar refractivity (Wildman–Crippen MR) is 104 cm³/mol. The molecule has 0 fully saturated rings. The Labute approximate surface area is 166 Å². The van der Waals surface area contributed by atoms with Gasteiger partial charge < -0.3 is 0 Å². The van der Waals surface area contributed by atoms with E-state index in [2.05, 4.69) is 20.2 Å². The molecule has 0 spiro atoms. The molecule has 2 rings (SSSR count). The van der Waals surface area contributed by atoms with Crippen molar-refractivity contribution in [3.63, 3.8) is 0 Å².